The summed E-state index contributed by atoms with van der Waals surface area (Å²) in [6, 6.07) is 0. The van der Waals surface area contributed by atoms with Crippen molar-refractivity contribution in [3.63, 3.8) is 0 Å². The molecule has 2 rings (SSSR count). The van der Waals surface area contributed by atoms with Crippen molar-refractivity contribution in [3.05, 3.63) is 43.9 Å². The molecule has 2 aromatic rings. The van der Waals surface area contributed by atoms with Crippen LogP contribution in [-0.2, 0) is 6.54 Å². The maximum atomic E-state index is 11.2. The highest BCUT2D eigenvalue weighted by molar-refractivity contribution is 6.30. The molecule has 9 heteroatoms. The Bertz CT molecular complexity index is 629. The van der Waals surface area contributed by atoms with Crippen molar-refractivity contribution in [3.8, 4) is 0 Å². The number of halogens is 2. The number of hydrogen-bond donors (Lipinski definition) is 4. The Labute approximate surface area is 106 Å². The highest BCUT2D eigenvalue weighted by Gasteiger charge is 2.11. The number of anilines is 1. The topological polar surface area (TPSA) is 111 Å². The fourth-order valence-corrected chi connectivity index (χ4v) is 1.47. The van der Waals surface area contributed by atoms with Gasteiger partial charge in [-0.1, -0.05) is 11.6 Å². The summed E-state index contributed by atoms with van der Waals surface area (Å²) < 4.78 is 1.61. The number of nitrogens with zero attached hydrogens (tertiary/aromatic N) is 1. The van der Waals surface area contributed by atoms with Gasteiger partial charge in [0.15, 0.2) is 0 Å². The van der Waals surface area contributed by atoms with Gasteiger partial charge in [-0.25, -0.2) is 14.3 Å². The molecule has 0 bridgehead atoms. The van der Waals surface area contributed by atoms with E-state index in [-0.39, 0.29) is 24.0 Å². The van der Waals surface area contributed by atoms with E-state index in [0.717, 1.165) is 0 Å². The monoisotopic (exact) mass is 277 g/mol. The Hall–Kier alpha value is -1.73. The van der Waals surface area contributed by atoms with E-state index >= 15 is 0 Å². The van der Waals surface area contributed by atoms with E-state index in [1.54, 1.807) is 17.0 Å². The van der Waals surface area contributed by atoms with Gasteiger partial charge in [-0.2, -0.15) is 0 Å². The predicted molar refractivity (Wildman–Crippen MR) is 57.2 cm³/mol. The van der Waals surface area contributed by atoms with Crippen LogP contribution >= 0.6 is 11.6 Å². The van der Waals surface area contributed by atoms with Crippen molar-refractivity contribution in [2.24, 2.45) is 0 Å². The Morgan fingerprint density at radius 1 is 1.35 bits per heavy atom. The third-order valence-corrected chi connectivity index (χ3v) is 2.48. The summed E-state index contributed by atoms with van der Waals surface area (Å²) in [5.74, 6) is 0.400. The maximum absolute atomic E-state index is 11.2. The molecule has 0 fully saturated rings. The van der Waals surface area contributed by atoms with Crippen LogP contribution in [0.5, 0.6) is 0 Å². The van der Waals surface area contributed by atoms with Gasteiger partial charge in [-0.15, -0.1) is 0 Å². The quantitative estimate of drug-likeness (QED) is 0.420. The highest BCUT2D eigenvalue weighted by Crippen LogP contribution is 2.04. The summed E-state index contributed by atoms with van der Waals surface area (Å²) in [7, 11) is 0. The lowest BCUT2D eigenvalue weighted by atomic mass is 10.4. The number of H-pyrrole nitrogens is 3. The molecule has 0 atom stereocenters. The van der Waals surface area contributed by atoms with Crippen molar-refractivity contribution in [1.82, 2.24) is 15.0 Å². The first-order chi connectivity index (χ1) is 7.58. The molecule has 0 unspecified atom stereocenters. The van der Waals surface area contributed by atoms with E-state index < -0.39 is 11.2 Å². The fraction of sp³-hybridized carbons (Fsp3) is 0.125. The molecule has 2 aromatic heterocycles. The number of nitrogens with one attached hydrogen (secondary N) is 3. The van der Waals surface area contributed by atoms with E-state index in [1.807, 2.05) is 4.98 Å². The first-order valence-electron chi connectivity index (χ1n) is 4.41. The molecule has 5 N–H and O–H groups in total. The molecule has 92 valence electrons. The average Bonchev–Trinajstić information content (AvgIpc) is 2.60. The molecule has 0 aliphatic carbocycles. The van der Waals surface area contributed by atoms with Crippen LogP contribution in [0.2, 0.25) is 5.02 Å². The minimum absolute atomic E-state index is 0. The fourth-order valence-electron chi connectivity index (χ4n) is 1.31. The van der Waals surface area contributed by atoms with Gasteiger partial charge in [0.2, 0.25) is 0 Å². The number of rotatable bonds is 2. The lowest BCUT2D eigenvalue weighted by Gasteiger charge is -2.01. The van der Waals surface area contributed by atoms with Crippen LogP contribution in [0.3, 0.4) is 0 Å². The minimum atomic E-state index is -0.616. The third kappa shape index (κ3) is 2.69. The third-order valence-electron chi connectivity index (χ3n) is 2.08. The summed E-state index contributed by atoms with van der Waals surface area (Å²) in [5.41, 5.74) is 4.70. The van der Waals surface area contributed by atoms with E-state index in [4.69, 9.17) is 17.3 Å². The van der Waals surface area contributed by atoms with E-state index in [9.17, 15) is 9.59 Å². The molecule has 0 aliphatic heterocycles. The van der Waals surface area contributed by atoms with Crippen LogP contribution in [0.4, 0.5) is 5.95 Å². The number of nitrogen functional groups attached to an aromatic ring is 1. The van der Waals surface area contributed by atoms with Gasteiger partial charge in [0.05, 0.1) is 18.1 Å². The SMILES string of the molecule is Nc1[nH]cc[n+]1Cc1[nH]c(=O)[nH]c(=O)c1Cl.[Cl-]. The smallest absolute Gasteiger partial charge is 0.352 e. The molecule has 0 aromatic carbocycles. The largest absolute Gasteiger partial charge is 1.00 e. The zero-order valence-electron chi connectivity index (χ0n) is 8.46. The standard InChI is InChI=1S/C8H8ClN5O2.ClH/c9-5-4(12-8(16)13-6(5)15)3-14-2-1-11-7(14)10;/h1-2H,3H2,(H4,10,11,12,13,15,16);1H. The molecular formula is C8H9Cl2N5O2. The van der Waals surface area contributed by atoms with Crippen molar-refractivity contribution in [2.45, 2.75) is 6.54 Å². The van der Waals surface area contributed by atoms with E-state index in [2.05, 4.69) is 9.97 Å². The summed E-state index contributed by atoms with van der Waals surface area (Å²) in [4.78, 5) is 29.5. The molecule has 0 saturated heterocycles. The number of nitrogens with two attached hydrogens (primary N) is 1. The molecule has 17 heavy (non-hydrogen) atoms. The van der Waals surface area contributed by atoms with Crippen molar-refractivity contribution < 1.29 is 17.0 Å². The molecule has 0 spiro atoms. The number of aromatic nitrogens is 4. The molecule has 2 heterocycles. The number of aromatic amines is 3. The Morgan fingerprint density at radius 2 is 2.06 bits per heavy atom. The highest BCUT2D eigenvalue weighted by atomic mass is 35.5. The summed E-state index contributed by atoms with van der Waals surface area (Å²) >= 11 is 5.76. The molecule has 0 amide bonds. The van der Waals surface area contributed by atoms with Gasteiger partial charge >= 0.3 is 11.6 Å². The number of imidazole rings is 1. The summed E-state index contributed by atoms with van der Waals surface area (Å²) in [6.07, 6.45) is 3.31. The van der Waals surface area contributed by atoms with E-state index in [0.29, 0.717) is 11.6 Å². The second-order valence-electron chi connectivity index (χ2n) is 3.17. The van der Waals surface area contributed by atoms with Crippen LogP contribution in [0, 0.1) is 0 Å². The number of hydrogen-bond acceptors (Lipinski definition) is 3. The average molecular weight is 278 g/mol. The molecule has 0 radical (unpaired) electrons. The van der Waals surface area contributed by atoms with Crippen molar-refractivity contribution in [1.29, 1.82) is 0 Å². The lowest BCUT2D eigenvalue weighted by Crippen LogP contribution is -3.00. The van der Waals surface area contributed by atoms with Gasteiger partial charge in [0.25, 0.3) is 5.56 Å². The lowest BCUT2D eigenvalue weighted by molar-refractivity contribution is -0.673. The van der Waals surface area contributed by atoms with Gasteiger partial charge in [-0.3, -0.25) is 15.5 Å². The normalized spacial score (nSPS) is 9.94. The second-order valence-corrected chi connectivity index (χ2v) is 3.55. The van der Waals surface area contributed by atoms with Crippen LogP contribution in [0.15, 0.2) is 22.0 Å². The van der Waals surface area contributed by atoms with Crippen LogP contribution < -0.4 is 34.0 Å². The Kier molecular flexibility index (Phi) is 3.97. The Morgan fingerprint density at radius 3 is 2.65 bits per heavy atom. The van der Waals surface area contributed by atoms with Crippen molar-refractivity contribution in [2.75, 3.05) is 5.73 Å². The van der Waals surface area contributed by atoms with Gasteiger partial charge in [0.1, 0.15) is 11.6 Å². The Balaban J connectivity index is 0.00000144. The van der Waals surface area contributed by atoms with Crippen molar-refractivity contribution >= 4 is 17.5 Å². The summed E-state index contributed by atoms with van der Waals surface area (Å²) in [6.45, 7) is 0.216. The zero-order valence-corrected chi connectivity index (χ0v) is 9.97. The first kappa shape index (κ1) is 13.3. The molecule has 0 aliphatic rings. The van der Waals surface area contributed by atoms with Gasteiger partial charge in [0, 0.05) is 0 Å². The van der Waals surface area contributed by atoms with Crippen LogP contribution in [0.25, 0.3) is 0 Å². The molecular weight excluding hydrogens is 269 g/mol. The zero-order chi connectivity index (χ0) is 11.7. The molecule has 7 nitrogen and oxygen atoms in total. The molecule has 0 saturated carbocycles. The van der Waals surface area contributed by atoms with Crippen LogP contribution in [-0.4, -0.2) is 15.0 Å². The van der Waals surface area contributed by atoms with E-state index in [1.165, 1.54) is 0 Å². The second kappa shape index (κ2) is 5.07. The van der Waals surface area contributed by atoms with Crippen LogP contribution in [0.1, 0.15) is 5.69 Å². The summed E-state index contributed by atoms with van der Waals surface area (Å²) in [5, 5.41) is -0.0484. The predicted octanol–water partition coefficient (Wildman–Crippen LogP) is -4.03. The maximum Gasteiger partial charge on any atom is 0.352 e. The van der Waals surface area contributed by atoms with Gasteiger partial charge in [-0.05, 0) is 0 Å². The van der Waals surface area contributed by atoms with Gasteiger partial charge < -0.3 is 17.4 Å². The first-order valence-corrected chi connectivity index (χ1v) is 4.79. The minimum Gasteiger partial charge on any atom is -1.00 e.